The van der Waals surface area contributed by atoms with Crippen molar-refractivity contribution in [2.24, 2.45) is 0 Å². The zero-order chi connectivity index (χ0) is 21.2. The van der Waals surface area contributed by atoms with Gasteiger partial charge in [-0.05, 0) is 23.6 Å². The van der Waals surface area contributed by atoms with Gasteiger partial charge in [-0.3, -0.25) is 9.69 Å². The van der Waals surface area contributed by atoms with Crippen molar-refractivity contribution >= 4 is 40.0 Å². The highest BCUT2D eigenvalue weighted by molar-refractivity contribution is 7.14. The second-order valence-corrected chi connectivity index (χ2v) is 9.33. The molecule has 0 spiro atoms. The van der Waals surface area contributed by atoms with Gasteiger partial charge in [-0.15, -0.1) is 11.3 Å². The summed E-state index contributed by atoms with van der Waals surface area (Å²) in [6.07, 6.45) is 1.69. The zero-order valence-corrected chi connectivity index (χ0v) is 19.0. The van der Waals surface area contributed by atoms with Crippen LogP contribution in [0.4, 0.5) is 5.69 Å². The highest BCUT2D eigenvalue weighted by atomic mass is 35.5. The van der Waals surface area contributed by atoms with Gasteiger partial charge in [-0.2, -0.15) is 21.1 Å². The van der Waals surface area contributed by atoms with Gasteiger partial charge >= 0.3 is 0 Å². The molecule has 0 unspecified atom stereocenters. The summed E-state index contributed by atoms with van der Waals surface area (Å²) in [6, 6.07) is 11.4. The number of thiophene rings is 1. The van der Waals surface area contributed by atoms with E-state index in [4.69, 9.17) is 16.6 Å². The van der Waals surface area contributed by atoms with E-state index in [2.05, 4.69) is 37.1 Å². The maximum absolute atomic E-state index is 12.8. The van der Waals surface area contributed by atoms with E-state index < -0.39 is 0 Å². The number of hydrogen-bond acceptors (Lipinski definition) is 7. The molecule has 1 aromatic carbocycles. The molecule has 5 rings (SSSR count). The van der Waals surface area contributed by atoms with Crippen LogP contribution in [0.1, 0.15) is 5.69 Å². The minimum absolute atomic E-state index is 0.215. The van der Waals surface area contributed by atoms with Gasteiger partial charge in [0.2, 0.25) is 0 Å². The second-order valence-electron chi connectivity index (χ2n) is 7.32. The lowest BCUT2D eigenvalue weighted by Gasteiger charge is -2.35. The third kappa shape index (κ3) is 4.29. The molecular formula is C22H20ClN5OS2. The minimum Gasteiger partial charge on any atom is -0.366 e. The molecule has 0 N–H and O–H groups in total. The number of rotatable bonds is 5. The molecule has 6 nitrogen and oxygen atoms in total. The van der Waals surface area contributed by atoms with E-state index in [-0.39, 0.29) is 10.6 Å². The zero-order valence-electron chi connectivity index (χ0n) is 16.6. The SMILES string of the molecule is O=c1c(Cl)c(N2CCN(Cc3csc(-c4ccsc4)n3)CC2)cnn1-c1ccccc1. The largest absolute Gasteiger partial charge is 0.366 e. The Hall–Kier alpha value is -2.52. The third-order valence-electron chi connectivity index (χ3n) is 5.32. The van der Waals surface area contributed by atoms with Crippen LogP contribution in [-0.2, 0) is 6.54 Å². The fourth-order valence-electron chi connectivity index (χ4n) is 3.67. The molecule has 1 aliphatic rings. The van der Waals surface area contributed by atoms with Gasteiger partial charge in [0.05, 0.1) is 23.3 Å². The van der Waals surface area contributed by atoms with Crippen molar-refractivity contribution in [1.82, 2.24) is 19.7 Å². The highest BCUT2D eigenvalue weighted by Crippen LogP contribution is 2.27. The molecule has 1 saturated heterocycles. The molecular weight excluding hydrogens is 450 g/mol. The maximum Gasteiger partial charge on any atom is 0.292 e. The molecule has 0 amide bonds. The molecule has 0 bridgehead atoms. The summed E-state index contributed by atoms with van der Waals surface area (Å²) >= 11 is 9.85. The first-order chi connectivity index (χ1) is 15.2. The fourth-order valence-corrected chi connectivity index (χ4v) is 5.44. The summed E-state index contributed by atoms with van der Waals surface area (Å²) in [7, 11) is 0. The molecule has 158 valence electrons. The summed E-state index contributed by atoms with van der Waals surface area (Å²) in [5.74, 6) is 0. The number of anilines is 1. The summed E-state index contributed by atoms with van der Waals surface area (Å²) in [4.78, 5) is 22.1. The van der Waals surface area contributed by atoms with E-state index in [0.29, 0.717) is 11.4 Å². The van der Waals surface area contributed by atoms with Crippen LogP contribution in [0.25, 0.3) is 16.3 Å². The number of thiazole rings is 1. The standard InChI is InChI=1S/C22H20ClN5OS2/c23-20-19(12-24-28(22(20)29)18-4-2-1-3-5-18)27-9-7-26(8-10-27)13-17-15-31-21(25-17)16-6-11-30-14-16/h1-6,11-12,14-15H,7-10,13H2. The lowest BCUT2D eigenvalue weighted by atomic mass is 10.2. The van der Waals surface area contributed by atoms with Crippen LogP contribution in [0.5, 0.6) is 0 Å². The lowest BCUT2D eigenvalue weighted by Crippen LogP contribution is -2.46. The summed E-state index contributed by atoms with van der Waals surface area (Å²) in [6.45, 7) is 4.16. The first kappa shape index (κ1) is 20.4. The van der Waals surface area contributed by atoms with E-state index in [1.165, 1.54) is 10.2 Å². The van der Waals surface area contributed by atoms with Crippen LogP contribution < -0.4 is 10.5 Å². The molecule has 4 heterocycles. The first-order valence-electron chi connectivity index (χ1n) is 9.96. The van der Waals surface area contributed by atoms with Crippen LogP contribution in [0, 0.1) is 0 Å². The Morgan fingerprint density at radius 2 is 1.84 bits per heavy atom. The number of nitrogens with zero attached hydrogens (tertiary/aromatic N) is 5. The van der Waals surface area contributed by atoms with Crippen molar-refractivity contribution in [3.8, 4) is 16.3 Å². The van der Waals surface area contributed by atoms with Crippen LogP contribution in [0.2, 0.25) is 5.02 Å². The predicted molar refractivity (Wildman–Crippen MR) is 128 cm³/mol. The molecule has 4 aromatic rings. The Balaban J connectivity index is 1.25. The van der Waals surface area contributed by atoms with E-state index in [1.807, 2.05) is 30.3 Å². The first-order valence-corrected chi connectivity index (χ1v) is 12.2. The van der Waals surface area contributed by atoms with Crippen molar-refractivity contribution in [2.45, 2.75) is 6.54 Å². The Morgan fingerprint density at radius 1 is 1.03 bits per heavy atom. The predicted octanol–water partition coefficient (Wildman–Crippen LogP) is 4.39. The molecule has 1 fully saturated rings. The average molecular weight is 470 g/mol. The van der Waals surface area contributed by atoms with Crippen LogP contribution >= 0.6 is 34.3 Å². The Kier molecular flexibility index (Phi) is 5.87. The number of hydrogen-bond donors (Lipinski definition) is 0. The highest BCUT2D eigenvalue weighted by Gasteiger charge is 2.22. The molecule has 0 aliphatic carbocycles. The molecule has 0 radical (unpaired) electrons. The van der Waals surface area contributed by atoms with Crippen molar-refractivity contribution in [2.75, 3.05) is 31.1 Å². The van der Waals surface area contributed by atoms with Crippen LogP contribution in [0.15, 0.2) is 63.5 Å². The number of benzene rings is 1. The van der Waals surface area contributed by atoms with Gasteiger partial charge in [0.25, 0.3) is 5.56 Å². The summed E-state index contributed by atoms with van der Waals surface area (Å²) in [5.41, 5.74) is 3.40. The van der Waals surface area contributed by atoms with Gasteiger partial charge in [0, 0.05) is 49.0 Å². The minimum atomic E-state index is -0.295. The van der Waals surface area contributed by atoms with Crippen LogP contribution in [0.3, 0.4) is 0 Å². The average Bonchev–Trinajstić information content (AvgIpc) is 3.49. The smallest absolute Gasteiger partial charge is 0.292 e. The number of para-hydroxylation sites is 1. The molecule has 3 aromatic heterocycles. The Morgan fingerprint density at radius 3 is 2.58 bits per heavy atom. The number of halogens is 1. The maximum atomic E-state index is 12.8. The molecule has 1 aliphatic heterocycles. The van der Waals surface area contributed by atoms with Gasteiger partial charge in [-0.25, -0.2) is 4.98 Å². The summed E-state index contributed by atoms with van der Waals surface area (Å²) in [5, 5.41) is 12.0. The Bertz CT molecular complexity index is 1210. The topological polar surface area (TPSA) is 54.3 Å². The molecule has 31 heavy (non-hydrogen) atoms. The van der Waals surface area contributed by atoms with E-state index in [9.17, 15) is 4.79 Å². The molecule has 0 atom stereocenters. The van der Waals surface area contributed by atoms with E-state index in [1.54, 1.807) is 28.9 Å². The van der Waals surface area contributed by atoms with Crippen molar-refractivity contribution in [1.29, 1.82) is 0 Å². The van der Waals surface area contributed by atoms with Gasteiger partial charge in [-0.1, -0.05) is 29.8 Å². The molecule has 0 saturated carbocycles. The number of piperazine rings is 1. The normalized spacial score (nSPS) is 14.8. The lowest BCUT2D eigenvalue weighted by molar-refractivity contribution is 0.247. The van der Waals surface area contributed by atoms with Gasteiger partial charge in [0.15, 0.2) is 0 Å². The van der Waals surface area contributed by atoms with Crippen molar-refractivity contribution in [3.63, 3.8) is 0 Å². The molecule has 9 heteroatoms. The van der Waals surface area contributed by atoms with Gasteiger partial charge in [0.1, 0.15) is 10.0 Å². The number of aromatic nitrogens is 3. The van der Waals surface area contributed by atoms with Gasteiger partial charge < -0.3 is 4.90 Å². The fraction of sp³-hybridized carbons (Fsp3) is 0.227. The van der Waals surface area contributed by atoms with Crippen molar-refractivity contribution < 1.29 is 0 Å². The van der Waals surface area contributed by atoms with E-state index >= 15 is 0 Å². The quantitative estimate of drug-likeness (QED) is 0.434. The second kappa shape index (κ2) is 8.92. The monoisotopic (exact) mass is 469 g/mol. The third-order valence-corrected chi connectivity index (χ3v) is 7.30. The summed E-state index contributed by atoms with van der Waals surface area (Å²) < 4.78 is 1.34. The van der Waals surface area contributed by atoms with Crippen LogP contribution in [-0.4, -0.2) is 45.8 Å². The van der Waals surface area contributed by atoms with E-state index in [0.717, 1.165) is 43.4 Å². The van der Waals surface area contributed by atoms with Crippen molar-refractivity contribution in [3.05, 3.63) is 79.8 Å². The Labute approximate surface area is 193 Å².